The monoisotopic (exact) mass is 616 g/mol. The second-order valence-corrected chi connectivity index (χ2v) is 12.6. The minimum absolute atomic E-state index is 0.0764. The van der Waals surface area contributed by atoms with Crippen LogP contribution in [0.2, 0.25) is 0 Å². The average molecular weight is 616 g/mol. The summed E-state index contributed by atoms with van der Waals surface area (Å²) in [6.07, 6.45) is 47.7. The van der Waals surface area contributed by atoms with Gasteiger partial charge in [0.15, 0.2) is 0 Å². The van der Waals surface area contributed by atoms with Crippen LogP contribution < -0.4 is 5.32 Å². The van der Waals surface area contributed by atoms with E-state index in [2.05, 4.69) is 55.6 Å². The predicted molar refractivity (Wildman–Crippen MR) is 193 cm³/mol. The Morgan fingerprint density at radius 3 is 1.39 bits per heavy atom. The molecule has 0 radical (unpaired) electrons. The number of hydrogen-bond donors (Lipinski definition) is 3. The van der Waals surface area contributed by atoms with Gasteiger partial charge in [0.2, 0.25) is 5.91 Å². The Bertz CT molecular complexity index is 711. The van der Waals surface area contributed by atoms with Gasteiger partial charge in [-0.3, -0.25) is 4.79 Å². The average Bonchev–Trinajstić information content (AvgIpc) is 3.03. The molecule has 0 saturated heterocycles. The standard InChI is InChI=1S/C40H73NO3/c1-3-5-7-9-11-13-14-15-16-17-18-19-20-21-22-23-24-25-26-28-30-32-34-36-40(44)41-38(37-42)39(43)35-33-31-29-27-12-10-8-6-4-2/h14-15,17-18,20-21,33,35,38-39,42-43H,3-13,16,19,22-32,34,36-37H2,1-2H3,(H,41,44)/b15-14-,18-17-,21-20-,35-33+. The van der Waals surface area contributed by atoms with Gasteiger partial charge in [0.1, 0.15) is 0 Å². The fraction of sp³-hybridized carbons (Fsp3) is 0.775. The van der Waals surface area contributed by atoms with Gasteiger partial charge in [-0.2, -0.15) is 0 Å². The van der Waals surface area contributed by atoms with Crippen molar-refractivity contribution in [3.05, 3.63) is 48.6 Å². The highest BCUT2D eigenvalue weighted by molar-refractivity contribution is 5.76. The molecule has 0 rings (SSSR count). The van der Waals surface area contributed by atoms with E-state index in [0.717, 1.165) is 38.5 Å². The summed E-state index contributed by atoms with van der Waals surface area (Å²) in [5, 5.41) is 22.8. The van der Waals surface area contributed by atoms with E-state index in [1.807, 2.05) is 6.08 Å². The van der Waals surface area contributed by atoms with Gasteiger partial charge in [-0.15, -0.1) is 0 Å². The second-order valence-electron chi connectivity index (χ2n) is 12.6. The van der Waals surface area contributed by atoms with Crippen molar-refractivity contribution >= 4 is 5.91 Å². The topological polar surface area (TPSA) is 69.6 Å². The number of nitrogens with one attached hydrogen (secondary N) is 1. The van der Waals surface area contributed by atoms with Crippen molar-refractivity contribution in [2.24, 2.45) is 0 Å². The molecule has 4 nitrogen and oxygen atoms in total. The zero-order chi connectivity index (χ0) is 32.2. The molecular weight excluding hydrogens is 542 g/mol. The zero-order valence-electron chi connectivity index (χ0n) is 29.2. The minimum Gasteiger partial charge on any atom is -0.394 e. The summed E-state index contributed by atoms with van der Waals surface area (Å²) >= 11 is 0. The van der Waals surface area contributed by atoms with E-state index in [9.17, 15) is 15.0 Å². The lowest BCUT2D eigenvalue weighted by Crippen LogP contribution is -2.45. The van der Waals surface area contributed by atoms with Gasteiger partial charge in [-0.1, -0.05) is 165 Å². The number of hydrogen-bond acceptors (Lipinski definition) is 3. The lowest BCUT2D eigenvalue weighted by atomic mass is 10.1. The van der Waals surface area contributed by atoms with Crippen LogP contribution in [0.25, 0.3) is 0 Å². The number of carbonyl (C=O) groups is 1. The summed E-state index contributed by atoms with van der Waals surface area (Å²) in [5.41, 5.74) is 0. The van der Waals surface area contributed by atoms with Gasteiger partial charge in [-0.25, -0.2) is 0 Å². The molecule has 0 fully saturated rings. The Labute approximate surface area is 274 Å². The Hall–Kier alpha value is -1.65. The van der Waals surface area contributed by atoms with E-state index in [1.54, 1.807) is 6.08 Å². The van der Waals surface area contributed by atoms with Crippen molar-refractivity contribution in [3.63, 3.8) is 0 Å². The Morgan fingerprint density at radius 1 is 0.545 bits per heavy atom. The molecule has 2 unspecified atom stereocenters. The van der Waals surface area contributed by atoms with Gasteiger partial charge in [0, 0.05) is 6.42 Å². The van der Waals surface area contributed by atoms with Crippen LogP contribution in [0.15, 0.2) is 48.6 Å². The summed E-state index contributed by atoms with van der Waals surface area (Å²) in [6.45, 7) is 4.25. The Balaban J connectivity index is 3.60. The third-order valence-electron chi connectivity index (χ3n) is 8.31. The first-order chi connectivity index (χ1) is 21.7. The fourth-order valence-corrected chi connectivity index (χ4v) is 5.36. The van der Waals surface area contributed by atoms with E-state index in [-0.39, 0.29) is 12.5 Å². The molecule has 0 spiro atoms. The maximum atomic E-state index is 12.3. The van der Waals surface area contributed by atoms with Crippen LogP contribution in [-0.4, -0.2) is 34.9 Å². The molecule has 3 N–H and O–H groups in total. The van der Waals surface area contributed by atoms with Crippen LogP contribution in [-0.2, 0) is 4.79 Å². The van der Waals surface area contributed by atoms with Crippen LogP contribution in [0.5, 0.6) is 0 Å². The van der Waals surface area contributed by atoms with Crippen molar-refractivity contribution in [2.45, 2.75) is 193 Å². The summed E-state index contributed by atoms with van der Waals surface area (Å²) in [4.78, 5) is 12.3. The van der Waals surface area contributed by atoms with E-state index in [0.29, 0.717) is 6.42 Å². The number of aliphatic hydroxyl groups excluding tert-OH is 2. The predicted octanol–water partition coefficient (Wildman–Crippen LogP) is 11.2. The highest BCUT2D eigenvalue weighted by Gasteiger charge is 2.17. The number of unbranched alkanes of at least 4 members (excludes halogenated alkanes) is 20. The van der Waals surface area contributed by atoms with Crippen LogP contribution in [0.3, 0.4) is 0 Å². The van der Waals surface area contributed by atoms with Crippen LogP contribution >= 0.6 is 0 Å². The van der Waals surface area contributed by atoms with Gasteiger partial charge in [-0.05, 0) is 57.8 Å². The third-order valence-corrected chi connectivity index (χ3v) is 8.31. The van der Waals surface area contributed by atoms with Crippen molar-refractivity contribution in [1.82, 2.24) is 5.32 Å². The first-order valence-corrected chi connectivity index (χ1v) is 18.9. The molecule has 0 aromatic heterocycles. The Kier molecular flexibility index (Phi) is 34.5. The Morgan fingerprint density at radius 2 is 0.932 bits per heavy atom. The summed E-state index contributed by atoms with van der Waals surface area (Å²) < 4.78 is 0. The first-order valence-electron chi connectivity index (χ1n) is 18.9. The minimum atomic E-state index is -0.840. The summed E-state index contributed by atoms with van der Waals surface area (Å²) in [7, 11) is 0. The third kappa shape index (κ3) is 31.8. The smallest absolute Gasteiger partial charge is 0.220 e. The van der Waals surface area contributed by atoms with Gasteiger partial charge in [0.05, 0.1) is 18.8 Å². The van der Waals surface area contributed by atoms with E-state index < -0.39 is 12.1 Å². The first kappa shape index (κ1) is 42.3. The molecule has 0 aromatic carbocycles. The molecule has 0 aromatic rings. The zero-order valence-corrected chi connectivity index (χ0v) is 29.2. The SMILES string of the molecule is CCCCCCC/C=C\C/C=C\C/C=C\CCCCCCCCCCC(=O)NC(CO)C(O)/C=C/CCCCCCCCC. The van der Waals surface area contributed by atoms with Gasteiger partial charge < -0.3 is 15.5 Å². The van der Waals surface area contributed by atoms with Crippen molar-refractivity contribution in [1.29, 1.82) is 0 Å². The molecule has 4 heteroatoms. The molecule has 0 aliphatic heterocycles. The fourth-order valence-electron chi connectivity index (χ4n) is 5.36. The maximum Gasteiger partial charge on any atom is 0.220 e. The molecule has 0 bridgehead atoms. The van der Waals surface area contributed by atoms with Crippen LogP contribution in [0.4, 0.5) is 0 Å². The van der Waals surface area contributed by atoms with Crippen molar-refractivity contribution in [3.8, 4) is 0 Å². The van der Waals surface area contributed by atoms with Crippen LogP contribution in [0.1, 0.15) is 181 Å². The summed E-state index contributed by atoms with van der Waals surface area (Å²) in [6, 6.07) is -0.624. The largest absolute Gasteiger partial charge is 0.394 e. The van der Waals surface area contributed by atoms with Crippen molar-refractivity contribution in [2.75, 3.05) is 6.61 Å². The quantitative estimate of drug-likeness (QED) is 0.0508. The molecule has 2 atom stereocenters. The van der Waals surface area contributed by atoms with Crippen LogP contribution in [0, 0.1) is 0 Å². The molecule has 0 saturated carbocycles. The van der Waals surface area contributed by atoms with Crippen molar-refractivity contribution < 1.29 is 15.0 Å². The molecule has 44 heavy (non-hydrogen) atoms. The molecule has 0 aliphatic rings. The highest BCUT2D eigenvalue weighted by atomic mass is 16.3. The molecule has 1 amide bonds. The van der Waals surface area contributed by atoms with E-state index in [1.165, 1.54) is 122 Å². The van der Waals surface area contributed by atoms with Gasteiger partial charge in [0.25, 0.3) is 0 Å². The molecule has 0 heterocycles. The molecule has 0 aliphatic carbocycles. The molecule has 256 valence electrons. The number of amides is 1. The molecular formula is C40H73NO3. The lowest BCUT2D eigenvalue weighted by Gasteiger charge is -2.20. The summed E-state index contributed by atoms with van der Waals surface area (Å²) in [5.74, 6) is -0.0764. The number of rotatable bonds is 33. The number of carbonyl (C=O) groups excluding carboxylic acids is 1. The second kappa shape index (κ2) is 35.8. The van der Waals surface area contributed by atoms with E-state index >= 15 is 0 Å². The normalized spacial score (nSPS) is 13.6. The van der Waals surface area contributed by atoms with Gasteiger partial charge >= 0.3 is 0 Å². The lowest BCUT2D eigenvalue weighted by molar-refractivity contribution is -0.123. The maximum absolute atomic E-state index is 12.3. The number of allylic oxidation sites excluding steroid dienone is 7. The highest BCUT2D eigenvalue weighted by Crippen LogP contribution is 2.12. The van der Waals surface area contributed by atoms with E-state index in [4.69, 9.17) is 0 Å². The number of aliphatic hydroxyl groups is 2.